The van der Waals surface area contributed by atoms with Gasteiger partial charge >= 0.3 is 0 Å². The topological polar surface area (TPSA) is 66.1 Å². The van der Waals surface area contributed by atoms with Crippen molar-refractivity contribution in [2.45, 2.75) is 13.1 Å². The second-order valence-electron chi connectivity index (χ2n) is 7.73. The number of nitrogens with one attached hydrogen (secondary N) is 1. The van der Waals surface area contributed by atoms with Crippen molar-refractivity contribution in [1.82, 2.24) is 14.9 Å². The quantitative estimate of drug-likeness (QED) is 0.291. The Balaban J connectivity index is 1.38. The van der Waals surface area contributed by atoms with Crippen LogP contribution in [-0.2, 0) is 17.9 Å². The molecule has 0 bridgehead atoms. The van der Waals surface area contributed by atoms with E-state index in [1.54, 1.807) is 22.3 Å². The van der Waals surface area contributed by atoms with Gasteiger partial charge in [0, 0.05) is 22.4 Å². The summed E-state index contributed by atoms with van der Waals surface area (Å²) in [5.74, 6) is 0.322. The SMILES string of the molecule is O=C(C=Cc1ccc(-c2ccccc2)s1)N(Cc1ccccc1)Cc1nc2ccsc2c(=O)[nH]1. The van der Waals surface area contributed by atoms with E-state index < -0.39 is 0 Å². The number of rotatable bonds is 7. The molecular formula is C27H21N3O2S2. The Morgan fingerprint density at radius 1 is 0.941 bits per heavy atom. The zero-order chi connectivity index (χ0) is 23.3. The minimum Gasteiger partial charge on any atom is -0.327 e. The van der Waals surface area contributed by atoms with Crippen LogP contribution >= 0.6 is 22.7 Å². The van der Waals surface area contributed by atoms with Crippen molar-refractivity contribution >= 4 is 44.9 Å². The van der Waals surface area contributed by atoms with Gasteiger partial charge in [0.05, 0.1) is 12.1 Å². The highest BCUT2D eigenvalue weighted by Gasteiger charge is 2.15. The molecule has 0 fully saturated rings. The summed E-state index contributed by atoms with van der Waals surface area (Å²) in [5.41, 5.74) is 2.64. The van der Waals surface area contributed by atoms with Crippen molar-refractivity contribution in [2.24, 2.45) is 0 Å². The number of hydrogen-bond donors (Lipinski definition) is 1. The van der Waals surface area contributed by atoms with Gasteiger partial charge in [0.25, 0.3) is 5.56 Å². The number of nitrogens with zero attached hydrogens (tertiary/aromatic N) is 2. The lowest BCUT2D eigenvalue weighted by Gasteiger charge is -2.21. The van der Waals surface area contributed by atoms with Crippen LogP contribution in [0.2, 0.25) is 0 Å². The Hall–Kier alpha value is -3.81. The Bertz CT molecular complexity index is 1500. The molecule has 0 saturated carbocycles. The van der Waals surface area contributed by atoms with E-state index in [2.05, 4.69) is 28.2 Å². The molecule has 0 unspecified atom stereocenters. The molecule has 5 nitrogen and oxygen atoms in total. The Kier molecular flexibility index (Phi) is 6.46. The van der Waals surface area contributed by atoms with Gasteiger partial charge in [-0.25, -0.2) is 4.98 Å². The van der Waals surface area contributed by atoms with Gasteiger partial charge in [0.2, 0.25) is 5.91 Å². The molecule has 5 rings (SSSR count). The van der Waals surface area contributed by atoms with Crippen molar-refractivity contribution in [3.05, 3.63) is 117 Å². The van der Waals surface area contributed by atoms with E-state index >= 15 is 0 Å². The predicted octanol–water partition coefficient (Wildman–Crippen LogP) is 5.96. The van der Waals surface area contributed by atoms with Crippen LogP contribution in [0, 0.1) is 0 Å². The molecule has 0 aliphatic carbocycles. The minimum atomic E-state index is -0.176. The number of benzene rings is 2. The Morgan fingerprint density at radius 3 is 2.50 bits per heavy atom. The summed E-state index contributed by atoms with van der Waals surface area (Å²) in [6.07, 6.45) is 3.43. The van der Waals surface area contributed by atoms with E-state index in [0.29, 0.717) is 22.6 Å². The molecule has 3 heterocycles. The molecule has 5 aromatic rings. The molecule has 7 heteroatoms. The van der Waals surface area contributed by atoms with Crippen LogP contribution in [0.15, 0.2) is 95.1 Å². The highest BCUT2D eigenvalue weighted by atomic mass is 32.1. The minimum absolute atomic E-state index is 0.147. The third kappa shape index (κ3) is 5.06. The number of aromatic amines is 1. The monoisotopic (exact) mass is 483 g/mol. The molecule has 0 saturated heterocycles. The summed E-state index contributed by atoms with van der Waals surface area (Å²) in [5, 5.41) is 1.84. The lowest BCUT2D eigenvalue weighted by atomic mass is 10.2. The third-order valence-corrected chi connectivity index (χ3v) is 7.31. The van der Waals surface area contributed by atoms with Crippen LogP contribution in [0.3, 0.4) is 0 Å². The second-order valence-corrected chi connectivity index (χ2v) is 9.76. The fourth-order valence-electron chi connectivity index (χ4n) is 3.65. The number of H-pyrrole nitrogens is 1. The lowest BCUT2D eigenvalue weighted by molar-refractivity contribution is -0.127. The molecule has 1 N–H and O–H groups in total. The average molecular weight is 484 g/mol. The maximum absolute atomic E-state index is 13.2. The van der Waals surface area contributed by atoms with Crippen LogP contribution in [0.5, 0.6) is 0 Å². The molecule has 34 heavy (non-hydrogen) atoms. The Labute approximate surface area is 204 Å². The highest BCUT2D eigenvalue weighted by Crippen LogP contribution is 2.28. The van der Waals surface area contributed by atoms with Crippen molar-refractivity contribution < 1.29 is 4.79 Å². The molecule has 0 aliphatic heterocycles. The predicted molar refractivity (Wildman–Crippen MR) is 140 cm³/mol. The van der Waals surface area contributed by atoms with Crippen molar-refractivity contribution in [1.29, 1.82) is 0 Å². The molecule has 2 aromatic carbocycles. The number of carbonyl (C=O) groups excluding carboxylic acids is 1. The van der Waals surface area contributed by atoms with Gasteiger partial charge in [-0.05, 0) is 40.8 Å². The highest BCUT2D eigenvalue weighted by molar-refractivity contribution is 7.17. The van der Waals surface area contributed by atoms with Crippen LogP contribution < -0.4 is 5.56 Å². The molecule has 168 valence electrons. The summed E-state index contributed by atoms with van der Waals surface area (Å²) in [6, 6.07) is 25.9. The molecule has 1 amide bonds. The summed E-state index contributed by atoms with van der Waals surface area (Å²) in [6.45, 7) is 0.619. The van der Waals surface area contributed by atoms with E-state index in [4.69, 9.17) is 0 Å². The summed E-state index contributed by atoms with van der Waals surface area (Å²) in [4.78, 5) is 36.8. The number of hydrogen-bond acceptors (Lipinski definition) is 5. The normalized spacial score (nSPS) is 11.3. The number of fused-ring (bicyclic) bond motifs is 1. The molecule has 0 spiro atoms. The van der Waals surface area contributed by atoms with Gasteiger partial charge in [0.15, 0.2) is 0 Å². The third-order valence-electron chi connectivity index (χ3n) is 5.31. The molecule has 0 atom stereocenters. The molecule has 3 aromatic heterocycles. The first-order valence-electron chi connectivity index (χ1n) is 10.8. The fourth-order valence-corrected chi connectivity index (χ4v) is 5.29. The van der Waals surface area contributed by atoms with Crippen LogP contribution in [-0.4, -0.2) is 20.8 Å². The standard InChI is InChI=1S/C27H21N3O2S2/c31-25(14-12-21-11-13-23(34-21)20-9-5-2-6-10-20)30(17-19-7-3-1-4-8-19)18-24-28-22-15-16-33-26(22)27(32)29-24/h1-16H,17-18H2,(H,28,29,32). The van der Waals surface area contributed by atoms with E-state index in [0.717, 1.165) is 20.9 Å². The van der Waals surface area contributed by atoms with Crippen molar-refractivity contribution in [2.75, 3.05) is 0 Å². The molecule has 0 radical (unpaired) electrons. The van der Waals surface area contributed by atoms with E-state index in [1.165, 1.54) is 11.3 Å². The lowest BCUT2D eigenvalue weighted by Crippen LogP contribution is -2.30. The van der Waals surface area contributed by atoms with Crippen molar-refractivity contribution in [3.63, 3.8) is 0 Å². The van der Waals surface area contributed by atoms with Crippen LogP contribution in [0.4, 0.5) is 0 Å². The summed E-state index contributed by atoms with van der Waals surface area (Å²) in [7, 11) is 0. The van der Waals surface area contributed by atoms with Gasteiger partial charge in [0.1, 0.15) is 10.5 Å². The van der Waals surface area contributed by atoms with Gasteiger partial charge in [-0.3, -0.25) is 9.59 Å². The van der Waals surface area contributed by atoms with E-state index in [9.17, 15) is 9.59 Å². The van der Waals surface area contributed by atoms with E-state index in [-0.39, 0.29) is 18.0 Å². The van der Waals surface area contributed by atoms with Gasteiger partial charge in [-0.2, -0.15) is 0 Å². The zero-order valence-electron chi connectivity index (χ0n) is 18.2. The Morgan fingerprint density at radius 2 is 1.71 bits per heavy atom. The smallest absolute Gasteiger partial charge is 0.268 e. The first kappa shape index (κ1) is 22.0. The zero-order valence-corrected chi connectivity index (χ0v) is 19.8. The maximum Gasteiger partial charge on any atom is 0.268 e. The average Bonchev–Trinajstić information content (AvgIpc) is 3.53. The summed E-state index contributed by atoms with van der Waals surface area (Å²) >= 11 is 3.00. The summed E-state index contributed by atoms with van der Waals surface area (Å²) < 4.78 is 0.594. The van der Waals surface area contributed by atoms with Crippen LogP contribution in [0.1, 0.15) is 16.3 Å². The van der Waals surface area contributed by atoms with E-state index in [1.807, 2.05) is 72.1 Å². The largest absolute Gasteiger partial charge is 0.327 e. The number of carbonyl (C=O) groups is 1. The first-order valence-corrected chi connectivity index (χ1v) is 12.5. The number of aromatic nitrogens is 2. The first-order chi connectivity index (χ1) is 16.7. The van der Waals surface area contributed by atoms with Gasteiger partial charge in [-0.15, -0.1) is 22.7 Å². The maximum atomic E-state index is 13.2. The molecule has 0 aliphatic rings. The second kappa shape index (κ2) is 9.99. The van der Waals surface area contributed by atoms with Crippen molar-refractivity contribution in [3.8, 4) is 10.4 Å². The van der Waals surface area contributed by atoms with Gasteiger partial charge in [-0.1, -0.05) is 60.7 Å². The number of thiophene rings is 2. The van der Waals surface area contributed by atoms with Crippen LogP contribution in [0.25, 0.3) is 26.7 Å². The van der Waals surface area contributed by atoms with Gasteiger partial charge < -0.3 is 9.88 Å². The number of amides is 1. The fraction of sp³-hybridized carbons (Fsp3) is 0.0741. The molecular weight excluding hydrogens is 462 g/mol.